The topological polar surface area (TPSA) is 68.6 Å². The van der Waals surface area contributed by atoms with Gasteiger partial charge in [-0.2, -0.15) is 5.10 Å². The number of nitrogens with one attached hydrogen (secondary N) is 1. The first kappa shape index (κ1) is 16.6. The highest BCUT2D eigenvalue weighted by molar-refractivity contribution is 5.69. The third kappa shape index (κ3) is 3.35. The molecule has 1 unspecified atom stereocenters. The Kier molecular flexibility index (Phi) is 4.65. The molecular formula is C15H26N4O3. The first-order valence-corrected chi connectivity index (χ1v) is 7.52. The smallest absolute Gasteiger partial charge is 0.410 e. The van der Waals surface area contributed by atoms with Crippen molar-refractivity contribution in [3.8, 4) is 5.88 Å². The van der Waals surface area contributed by atoms with Crippen LogP contribution in [0.15, 0.2) is 0 Å². The Bertz CT molecular complexity index is 548. The second-order valence-electron chi connectivity index (χ2n) is 6.53. The van der Waals surface area contributed by atoms with Crippen LogP contribution in [0.4, 0.5) is 4.79 Å². The fourth-order valence-electron chi connectivity index (χ4n) is 2.78. The fraction of sp³-hybridized carbons (Fsp3) is 0.733. The van der Waals surface area contributed by atoms with Crippen molar-refractivity contribution in [1.82, 2.24) is 20.0 Å². The van der Waals surface area contributed by atoms with Crippen molar-refractivity contribution < 1.29 is 14.3 Å². The Hall–Kier alpha value is -1.76. The predicted molar refractivity (Wildman–Crippen MR) is 83.0 cm³/mol. The largest absolute Gasteiger partial charge is 0.481 e. The van der Waals surface area contributed by atoms with Crippen LogP contribution in [0.25, 0.3) is 0 Å². The van der Waals surface area contributed by atoms with Gasteiger partial charge in [0.15, 0.2) is 0 Å². The van der Waals surface area contributed by atoms with Gasteiger partial charge in [0.1, 0.15) is 5.60 Å². The summed E-state index contributed by atoms with van der Waals surface area (Å²) >= 11 is 0. The molecule has 1 aliphatic heterocycles. The first-order chi connectivity index (χ1) is 10.2. The third-order valence-corrected chi connectivity index (χ3v) is 3.61. The van der Waals surface area contributed by atoms with Gasteiger partial charge in [0.2, 0.25) is 5.88 Å². The van der Waals surface area contributed by atoms with E-state index in [1.165, 1.54) is 0 Å². The zero-order valence-corrected chi connectivity index (χ0v) is 14.3. The molecule has 0 aromatic carbocycles. The zero-order chi connectivity index (χ0) is 16.5. The molecule has 1 aliphatic rings. The Morgan fingerprint density at radius 3 is 2.68 bits per heavy atom. The lowest BCUT2D eigenvalue weighted by atomic mass is 10.0. The first-order valence-electron chi connectivity index (χ1n) is 7.52. The quantitative estimate of drug-likeness (QED) is 0.899. The number of carbonyl (C=O) groups is 1. The third-order valence-electron chi connectivity index (χ3n) is 3.61. The maximum absolute atomic E-state index is 12.5. The summed E-state index contributed by atoms with van der Waals surface area (Å²) in [7, 11) is 3.46. The highest BCUT2D eigenvalue weighted by Crippen LogP contribution is 2.33. The number of carbonyl (C=O) groups excluding carboxylic acids is 1. The number of nitrogens with zero attached hydrogens (tertiary/aromatic N) is 3. The normalized spacial score (nSPS) is 19.2. The van der Waals surface area contributed by atoms with E-state index in [4.69, 9.17) is 9.47 Å². The highest BCUT2D eigenvalue weighted by Gasteiger charge is 2.35. The molecule has 1 saturated heterocycles. The molecule has 1 aromatic heterocycles. The Labute approximate surface area is 131 Å². The van der Waals surface area contributed by atoms with Crippen LogP contribution < -0.4 is 10.1 Å². The average Bonchev–Trinajstić information content (AvgIpc) is 2.70. The minimum absolute atomic E-state index is 0.146. The minimum atomic E-state index is -0.513. The van der Waals surface area contributed by atoms with E-state index in [0.717, 1.165) is 17.8 Å². The molecule has 1 amide bonds. The number of hydrogen-bond donors (Lipinski definition) is 1. The number of amides is 1. The molecule has 7 nitrogen and oxygen atoms in total. The van der Waals surface area contributed by atoms with Gasteiger partial charge in [0.05, 0.1) is 24.4 Å². The van der Waals surface area contributed by atoms with Crippen LogP contribution in [0.3, 0.4) is 0 Å². The van der Waals surface area contributed by atoms with Crippen molar-refractivity contribution in [2.75, 3.05) is 26.7 Å². The molecule has 1 N–H and O–H groups in total. The van der Waals surface area contributed by atoms with Gasteiger partial charge in [-0.05, 0) is 27.7 Å². The van der Waals surface area contributed by atoms with E-state index in [1.807, 2.05) is 34.7 Å². The molecule has 1 atom stereocenters. The van der Waals surface area contributed by atoms with E-state index < -0.39 is 5.60 Å². The van der Waals surface area contributed by atoms with Gasteiger partial charge in [-0.15, -0.1) is 0 Å². The van der Waals surface area contributed by atoms with Crippen molar-refractivity contribution in [3.63, 3.8) is 0 Å². The molecule has 2 heterocycles. The maximum Gasteiger partial charge on any atom is 0.410 e. The number of hydrogen-bond acceptors (Lipinski definition) is 5. The average molecular weight is 310 g/mol. The van der Waals surface area contributed by atoms with E-state index in [-0.39, 0.29) is 12.1 Å². The number of piperazine rings is 1. The molecule has 0 saturated carbocycles. The van der Waals surface area contributed by atoms with Gasteiger partial charge in [-0.25, -0.2) is 9.48 Å². The van der Waals surface area contributed by atoms with Crippen LogP contribution in [0, 0.1) is 6.92 Å². The van der Waals surface area contributed by atoms with Crippen LogP contribution in [0.2, 0.25) is 0 Å². The Balaban J connectivity index is 2.33. The molecule has 22 heavy (non-hydrogen) atoms. The molecule has 2 rings (SSSR count). The van der Waals surface area contributed by atoms with Gasteiger partial charge in [-0.3, -0.25) is 4.90 Å². The van der Waals surface area contributed by atoms with Crippen LogP contribution >= 0.6 is 0 Å². The molecular weight excluding hydrogens is 284 g/mol. The SMILES string of the molecule is COc1c(C2CNCCN2C(=O)OC(C)(C)C)c(C)nn1C. The summed E-state index contributed by atoms with van der Waals surface area (Å²) in [6.07, 6.45) is -0.302. The monoisotopic (exact) mass is 310 g/mol. The van der Waals surface area contributed by atoms with E-state index in [2.05, 4.69) is 10.4 Å². The van der Waals surface area contributed by atoms with Crippen molar-refractivity contribution in [3.05, 3.63) is 11.3 Å². The van der Waals surface area contributed by atoms with Gasteiger partial charge in [-0.1, -0.05) is 0 Å². The number of aryl methyl sites for hydroxylation is 2. The summed E-state index contributed by atoms with van der Waals surface area (Å²) in [4.78, 5) is 14.3. The second kappa shape index (κ2) is 6.16. The molecule has 0 bridgehead atoms. The van der Waals surface area contributed by atoms with Crippen LogP contribution in [0.5, 0.6) is 5.88 Å². The lowest BCUT2D eigenvalue weighted by Gasteiger charge is -2.37. The highest BCUT2D eigenvalue weighted by atomic mass is 16.6. The minimum Gasteiger partial charge on any atom is -0.481 e. The summed E-state index contributed by atoms with van der Waals surface area (Å²) in [5, 5.41) is 7.74. The molecule has 7 heteroatoms. The molecule has 1 aromatic rings. The number of methoxy groups -OCH3 is 1. The lowest BCUT2D eigenvalue weighted by molar-refractivity contribution is 0.0115. The maximum atomic E-state index is 12.5. The summed E-state index contributed by atoms with van der Waals surface area (Å²) in [5.41, 5.74) is 1.28. The summed E-state index contributed by atoms with van der Waals surface area (Å²) < 4.78 is 12.7. The van der Waals surface area contributed by atoms with Crippen LogP contribution in [-0.4, -0.2) is 53.1 Å². The molecule has 0 radical (unpaired) electrons. The summed E-state index contributed by atoms with van der Waals surface area (Å²) in [6.45, 7) is 9.55. The summed E-state index contributed by atoms with van der Waals surface area (Å²) in [5.74, 6) is 0.680. The fourth-order valence-corrected chi connectivity index (χ4v) is 2.78. The van der Waals surface area contributed by atoms with Gasteiger partial charge in [0, 0.05) is 26.7 Å². The van der Waals surface area contributed by atoms with Crippen molar-refractivity contribution in [2.45, 2.75) is 39.3 Å². The predicted octanol–water partition coefficient (Wildman–Crippen LogP) is 1.62. The standard InChI is InChI=1S/C15H26N4O3/c1-10-12(13(21-6)18(5)17-10)11-9-16-7-8-19(11)14(20)22-15(2,3)4/h11,16H,7-9H2,1-6H3. The molecule has 0 aliphatic carbocycles. The van der Waals surface area contributed by atoms with Crippen molar-refractivity contribution in [2.24, 2.45) is 7.05 Å². The van der Waals surface area contributed by atoms with E-state index in [0.29, 0.717) is 19.0 Å². The van der Waals surface area contributed by atoms with E-state index in [1.54, 1.807) is 16.7 Å². The zero-order valence-electron chi connectivity index (χ0n) is 14.3. The van der Waals surface area contributed by atoms with Crippen molar-refractivity contribution in [1.29, 1.82) is 0 Å². The summed E-state index contributed by atoms with van der Waals surface area (Å²) in [6, 6.07) is -0.146. The molecule has 0 spiro atoms. The number of ether oxygens (including phenoxy) is 2. The Morgan fingerprint density at radius 1 is 1.41 bits per heavy atom. The van der Waals surface area contributed by atoms with E-state index in [9.17, 15) is 4.79 Å². The second-order valence-corrected chi connectivity index (χ2v) is 6.53. The van der Waals surface area contributed by atoms with Gasteiger partial charge < -0.3 is 14.8 Å². The molecule has 1 fully saturated rings. The van der Waals surface area contributed by atoms with Crippen molar-refractivity contribution >= 4 is 6.09 Å². The van der Waals surface area contributed by atoms with E-state index >= 15 is 0 Å². The van der Waals surface area contributed by atoms with Gasteiger partial charge >= 0.3 is 6.09 Å². The van der Waals surface area contributed by atoms with Crippen LogP contribution in [0.1, 0.15) is 38.1 Å². The Morgan fingerprint density at radius 2 is 2.09 bits per heavy atom. The van der Waals surface area contributed by atoms with Gasteiger partial charge in [0.25, 0.3) is 0 Å². The number of aromatic nitrogens is 2. The lowest BCUT2D eigenvalue weighted by Crippen LogP contribution is -2.50. The molecule has 124 valence electrons. The van der Waals surface area contributed by atoms with Crippen LogP contribution in [-0.2, 0) is 11.8 Å². The number of rotatable bonds is 2.